The average molecular weight is 373 g/mol. The van der Waals surface area contributed by atoms with Gasteiger partial charge in [-0.25, -0.2) is 0 Å². The highest BCUT2D eigenvalue weighted by Crippen LogP contribution is 2.23. The lowest BCUT2D eigenvalue weighted by Gasteiger charge is -2.31. The van der Waals surface area contributed by atoms with Crippen LogP contribution in [0.1, 0.15) is 10.4 Å². The molecule has 0 radical (unpaired) electrons. The van der Waals surface area contributed by atoms with Crippen molar-refractivity contribution < 1.29 is 9.59 Å². The van der Waals surface area contributed by atoms with Crippen LogP contribution >= 0.6 is 23.7 Å². The van der Waals surface area contributed by atoms with Gasteiger partial charge < -0.3 is 15.1 Å². The Morgan fingerprint density at radius 1 is 1.17 bits per heavy atom. The molecule has 3 rings (SSSR count). The Labute approximate surface area is 153 Å². The van der Waals surface area contributed by atoms with E-state index in [2.05, 4.69) is 16.8 Å². The summed E-state index contributed by atoms with van der Waals surface area (Å²) < 4.78 is 0. The highest BCUT2D eigenvalue weighted by atomic mass is 35.5. The zero-order valence-electron chi connectivity index (χ0n) is 14.0. The summed E-state index contributed by atoms with van der Waals surface area (Å²) in [6.07, 6.45) is 0.947. The molecule has 1 aromatic rings. The molecule has 0 aliphatic carbocycles. The van der Waals surface area contributed by atoms with Gasteiger partial charge in [0.15, 0.2) is 0 Å². The zero-order chi connectivity index (χ0) is 16.2. The Morgan fingerprint density at radius 2 is 1.83 bits per heavy atom. The first kappa shape index (κ1) is 19.2. The third-order valence-electron chi connectivity index (χ3n) is 4.44. The monoisotopic (exact) mass is 372 g/mol. The smallest absolute Gasteiger partial charge is 0.237 e. The van der Waals surface area contributed by atoms with Crippen LogP contribution in [-0.2, 0) is 22.6 Å². The molecule has 0 spiro atoms. The minimum absolute atomic E-state index is 0. The number of nitrogens with zero attached hydrogens (tertiary/aromatic N) is 3. The second kappa shape index (κ2) is 8.80. The number of nitrogens with one attached hydrogen (secondary N) is 1. The van der Waals surface area contributed by atoms with Crippen LogP contribution in [0, 0.1) is 0 Å². The van der Waals surface area contributed by atoms with E-state index in [9.17, 15) is 9.59 Å². The molecule has 1 aromatic heterocycles. The Morgan fingerprint density at radius 3 is 2.54 bits per heavy atom. The lowest BCUT2D eigenvalue weighted by atomic mass is 10.1. The molecular weight excluding hydrogens is 348 g/mol. The Balaban J connectivity index is 0.00000208. The summed E-state index contributed by atoms with van der Waals surface area (Å²) in [6, 6.07) is 2.11. The van der Waals surface area contributed by atoms with Gasteiger partial charge in [0, 0.05) is 44.1 Å². The first-order valence-corrected chi connectivity index (χ1v) is 9.01. The summed E-state index contributed by atoms with van der Waals surface area (Å²) in [6.45, 7) is 5.32. The van der Waals surface area contributed by atoms with Crippen LogP contribution in [0.5, 0.6) is 0 Å². The molecule has 3 heterocycles. The fraction of sp³-hybridized carbons (Fsp3) is 0.625. The Kier molecular flexibility index (Phi) is 7.03. The van der Waals surface area contributed by atoms with E-state index in [1.807, 2.05) is 21.7 Å². The van der Waals surface area contributed by atoms with Crippen LogP contribution in [0.25, 0.3) is 0 Å². The molecule has 2 aliphatic heterocycles. The number of fused-ring (bicyclic) bond motifs is 1. The number of likely N-dealkylation sites (N-methyl/N-ethyl adjacent to an activating group) is 1. The molecule has 1 saturated heterocycles. The van der Waals surface area contributed by atoms with E-state index in [1.165, 1.54) is 10.4 Å². The summed E-state index contributed by atoms with van der Waals surface area (Å²) in [7, 11) is 1.85. The number of rotatable bonds is 4. The second-order valence-corrected chi connectivity index (χ2v) is 7.24. The van der Waals surface area contributed by atoms with Gasteiger partial charge in [-0.1, -0.05) is 0 Å². The van der Waals surface area contributed by atoms with Crippen molar-refractivity contribution >= 4 is 35.6 Å². The maximum Gasteiger partial charge on any atom is 0.237 e. The number of carbonyl (C=O) groups excluding carboxylic acids is 2. The average Bonchev–Trinajstić information content (AvgIpc) is 3.03. The van der Waals surface area contributed by atoms with Crippen LogP contribution in [0.3, 0.4) is 0 Å². The molecule has 134 valence electrons. The summed E-state index contributed by atoms with van der Waals surface area (Å²) in [5.41, 5.74) is 1.27. The molecule has 24 heavy (non-hydrogen) atoms. The van der Waals surface area contributed by atoms with Crippen molar-refractivity contribution in [2.24, 2.45) is 0 Å². The molecule has 2 aliphatic rings. The molecule has 0 bridgehead atoms. The number of halogens is 1. The van der Waals surface area contributed by atoms with Crippen LogP contribution in [-0.4, -0.2) is 79.4 Å². The van der Waals surface area contributed by atoms with Gasteiger partial charge in [0.25, 0.3) is 0 Å². The van der Waals surface area contributed by atoms with Gasteiger partial charge in [-0.15, -0.1) is 23.7 Å². The van der Waals surface area contributed by atoms with Gasteiger partial charge in [-0.05, 0) is 30.5 Å². The number of hydrogen-bond donors (Lipinski definition) is 1. The van der Waals surface area contributed by atoms with Gasteiger partial charge in [0.1, 0.15) is 0 Å². The number of carbonyl (C=O) groups is 2. The summed E-state index contributed by atoms with van der Waals surface area (Å²) >= 11 is 1.77. The summed E-state index contributed by atoms with van der Waals surface area (Å²) in [4.78, 5) is 31.7. The Bertz CT molecular complexity index is 574. The highest BCUT2D eigenvalue weighted by molar-refractivity contribution is 7.10. The molecular formula is C16H25ClN4O2S. The fourth-order valence-electron chi connectivity index (χ4n) is 3.09. The van der Waals surface area contributed by atoms with E-state index >= 15 is 0 Å². The first-order valence-electron chi connectivity index (χ1n) is 8.13. The van der Waals surface area contributed by atoms with Crippen LogP contribution < -0.4 is 5.32 Å². The van der Waals surface area contributed by atoms with Crippen molar-refractivity contribution in [1.82, 2.24) is 20.0 Å². The topological polar surface area (TPSA) is 55.9 Å². The highest BCUT2D eigenvalue weighted by Gasteiger charge is 2.24. The molecule has 6 nitrogen and oxygen atoms in total. The van der Waals surface area contributed by atoms with Gasteiger partial charge in [-0.3, -0.25) is 14.5 Å². The van der Waals surface area contributed by atoms with Crippen molar-refractivity contribution in [2.45, 2.75) is 13.0 Å². The first-order chi connectivity index (χ1) is 11.1. The third-order valence-corrected chi connectivity index (χ3v) is 5.46. The minimum atomic E-state index is 0. The van der Waals surface area contributed by atoms with Crippen molar-refractivity contribution in [3.8, 4) is 0 Å². The molecule has 8 heteroatoms. The van der Waals surface area contributed by atoms with Crippen LogP contribution in [0.2, 0.25) is 0 Å². The van der Waals surface area contributed by atoms with Crippen molar-refractivity contribution in [2.75, 3.05) is 52.9 Å². The zero-order valence-corrected chi connectivity index (χ0v) is 15.6. The van der Waals surface area contributed by atoms with Gasteiger partial charge in [-0.2, -0.15) is 0 Å². The molecule has 2 amide bonds. The SMILES string of the molecule is CN(CC(=O)N1CCNCC1)CC(=O)N1CCc2sccc2C1.Cl. The third kappa shape index (κ3) is 4.69. The predicted molar refractivity (Wildman–Crippen MR) is 97.6 cm³/mol. The maximum absolute atomic E-state index is 12.5. The van der Waals surface area contributed by atoms with Crippen LogP contribution in [0.4, 0.5) is 0 Å². The lowest BCUT2D eigenvalue weighted by molar-refractivity contribution is -0.135. The Hall–Kier alpha value is -1.15. The van der Waals surface area contributed by atoms with E-state index in [-0.39, 0.29) is 24.2 Å². The molecule has 1 N–H and O–H groups in total. The van der Waals surface area contributed by atoms with E-state index in [0.29, 0.717) is 19.6 Å². The van der Waals surface area contributed by atoms with Gasteiger partial charge >= 0.3 is 0 Å². The van der Waals surface area contributed by atoms with E-state index in [0.717, 1.165) is 39.1 Å². The largest absolute Gasteiger partial charge is 0.339 e. The predicted octanol–water partition coefficient (Wildman–Crippen LogP) is 0.418. The molecule has 0 atom stereocenters. The van der Waals surface area contributed by atoms with Crippen molar-refractivity contribution in [3.63, 3.8) is 0 Å². The molecule has 0 aromatic carbocycles. The normalized spacial score (nSPS) is 17.4. The van der Waals surface area contributed by atoms with Gasteiger partial charge in [0.2, 0.25) is 11.8 Å². The second-order valence-electron chi connectivity index (χ2n) is 6.24. The molecule has 0 saturated carbocycles. The summed E-state index contributed by atoms with van der Waals surface area (Å²) in [5, 5.41) is 5.33. The number of hydrogen-bond acceptors (Lipinski definition) is 5. The molecule has 0 unspecified atom stereocenters. The number of piperazine rings is 1. The van der Waals surface area contributed by atoms with E-state index in [1.54, 1.807) is 11.3 Å². The quantitative estimate of drug-likeness (QED) is 0.832. The van der Waals surface area contributed by atoms with E-state index in [4.69, 9.17) is 0 Å². The lowest BCUT2D eigenvalue weighted by Crippen LogP contribution is -2.50. The van der Waals surface area contributed by atoms with Crippen LogP contribution in [0.15, 0.2) is 11.4 Å². The van der Waals surface area contributed by atoms with Gasteiger partial charge in [0.05, 0.1) is 13.1 Å². The fourth-order valence-corrected chi connectivity index (χ4v) is 3.98. The number of amides is 2. The molecule has 1 fully saturated rings. The van der Waals surface area contributed by atoms with Crippen molar-refractivity contribution in [3.05, 3.63) is 21.9 Å². The number of thiophene rings is 1. The van der Waals surface area contributed by atoms with Crippen molar-refractivity contribution in [1.29, 1.82) is 0 Å². The van der Waals surface area contributed by atoms with E-state index < -0.39 is 0 Å². The summed E-state index contributed by atoms with van der Waals surface area (Å²) in [5.74, 6) is 0.220. The maximum atomic E-state index is 12.5. The standard InChI is InChI=1S/C16H24N4O2S.ClH/c1-18(11-15(21)19-7-4-17-5-8-19)12-16(22)20-6-2-14-13(10-20)3-9-23-14;/h3,9,17H,2,4-8,10-12H2,1H3;1H. The minimum Gasteiger partial charge on any atom is -0.339 e.